The van der Waals surface area contributed by atoms with E-state index in [1.807, 2.05) is 4.90 Å². The zero-order valence-electron chi connectivity index (χ0n) is 19.0. The van der Waals surface area contributed by atoms with Crippen molar-refractivity contribution in [2.24, 2.45) is 0 Å². The van der Waals surface area contributed by atoms with Gasteiger partial charge in [0.2, 0.25) is 5.91 Å². The van der Waals surface area contributed by atoms with Crippen LogP contribution in [0, 0.1) is 0 Å². The highest BCUT2D eigenvalue weighted by atomic mass is 16.2. The Morgan fingerprint density at radius 2 is 1.00 bits per heavy atom. The molecule has 0 aromatic rings. The van der Waals surface area contributed by atoms with Crippen LogP contribution in [0.2, 0.25) is 0 Å². The molecule has 0 spiro atoms. The zero-order valence-corrected chi connectivity index (χ0v) is 19.0. The number of unbranched alkanes of at least 4 members (excludes halogenated alkanes) is 13. The average molecular weight is 383 g/mol. The predicted octanol–water partition coefficient (Wildman–Crippen LogP) is 6.71. The fraction of sp³-hybridized carbons (Fsp3) is 0.958. The Bertz CT molecular complexity index is 301. The molecular formula is C24H50N2O. The molecule has 1 N–H and O–H groups in total. The van der Waals surface area contributed by atoms with Crippen LogP contribution in [-0.4, -0.2) is 37.0 Å². The fourth-order valence-corrected chi connectivity index (χ4v) is 3.65. The summed E-state index contributed by atoms with van der Waals surface area (Å²) in [6.07, 6.45) is 21.6. The lowest BCUT2D eigenvalue weighted by molar-refractivity contribution is -0.130. The molecule has 0 aliphatic carbocycles. The maximum atomic E-state index is 12.1. The molecule has 0 unspecified atom stereocenters. The highest BCUT2D eigenvalue weighted by molar-refractivity contribution is 5.78. The largest absolute Gasteiger partial charge is 0.342 e. The Morgan fingerprint density at radius 1 is 0.593 bits per heavy atom. The number of carbonyl (C=O) groups excluding carboxylic acids is 1. The van der Waals surface area contributed by atoms with E-state index >= 15 is 0 Å². The summed E-state index contributed by atoms with van der Waals surface area (Å²) in [5.41, 5.74) is 0. The van der Waals surface area contributed by atoms with Gasteiger partial charge in [-0.3, -0.25) is 4.79 Å². The van der Waals surface area contributed by atoms with Gasteiger partial charge in [-0.05, 0) is 25.8 Å². The van der Waals surface area contributed by atoms with E-state index in [2.05, 4.69) is 26.1 Å². The quantitative estimate of drug-likeness (QED) is 0.224. The second-order valence-corrected chi connectivity index (χ2v) is 8.15. The molecule has 0 radical (unpaired) electrons. The van der Waals surface area contributed by atoms with Crippen LogP contribution in [0.5, 0.6) is 0 Å². The van der Waals surface area contributed by atoms with Crippen LogP contribution in [0.3, 0.4) is 0 Å². The van der Waals surface area contributed by atoms with Crippen LogP contribution in [0.25, 0.3) is 0 Å². The van der Waals surface area contributed by atoms with Crippen LogP contribution in [0.1, 0.15) is 124 Å². The van der Waals surface area contributed by atoms with Crippen LogP contribution < -0.4 is 5.32 Å². The van der Waals surface area contributed by atoms with Gasteiger partial charge in [0.25, 0.3) is 0 Å². The number of nitrogens with zero attached hydrogens (tertiary/aromatic N) is 1. The number of nitrogens with one attached hydrogen (secondary N) is 1. The third-order valence-electron chi connectivity index (χ3n) is 5.32. The molecular weight excluding hydrogens is 332 g/mol. The van der Waals surface area contributed by atoms with Gasteiger partial charge < -0.3 is 10.2 Å². The third-order valence-corrected chi connectivity index (χ3v) is 5.32. The van der Waals surface area contributed by atoms with Gasteiger partial charge in [0, 0.05) is 13.1 Å². The van der Waals surface area contributed by atoms with Gasteiger partial charge in [0.05, 0.1) is 6.54 Å². The lowest BCUT2D eigenvalue weighted by Gasteiger charge is -2.21. The Kier molecular flexibility index (Phi) is 21.3. The summed E-state index contributed by atoms with van der Waals surface area (Å²) < 4.78 is 0. The first kappa shape index (κ1) is 26.4. The van der Waals surface area contributed by atoms with E-state index in [0.717, 1.165) is 32.5 Å². The first-order valence-corrected chi connectivity index (χ1v) is 12.2. The maximum absolute atomic E-state index is 12.1. The van der Waals surface area contributed by atoms with E-state index in [9.17, 15) is 4.79 Å². The Morgan fingerprint density at radius 3 is 1.41 bits per heavy atom. The molecule has 0 fully saturated rings. The molecule has 1 amide bonds. The summed E-state index contributed by atoms with van der Waals surface area (Å²) in [6, 6.07) is 0. The zero-order chi connectivity index (χ0) is 20.0. The molecule has 27 heavy (non-hydrogen) atoms. The van der Waals surface area contributed by atoms with Crippen molar-refractivity contribution >= 4 is 5.91 Å². The SMILES string of the molecule is CCCCCCCCCCCCCCCCNCC(=O)N(CCC)CCC. The molecule has 0 rings (SSSR count). The summed E-state index contributed by atoms with van der Waals surface area (Å²) in [5, 5.41) is 3.33. The third kappa shape index (κ3) is 18.6. The first-order valence-electron chi connectivity index (χ1n) is 12.2. The van der Waals surface area contributed by atoms with E-state index in [1.54, 1.807) is 0 Å². The van der Waals surface area contributed by atoms with Crippen LogP contribution >= 0.6 is 0 Å². The van der Waals surface area contributed by atoms with E-state index in [1.165, 1.54) is 89.9 Å². The fourth-order valence-electron chi connectivity index (χ4n) is 3.65. The number of amides is 1. The molecule has 0 bridgehead atoms. The highest BCUT2D eigenvalue weighted by Crippen LogP contribution is 2.12. The molecule has 162 valence electrons. The monoisotopic (exact) mass is 382 g/mol. The lowest BCUT2D eigenvalue weighted by Crippen LogP contribution is -2.39. The molecule has 0 aromatic heterocycles. The molecule has 0 heterocycles. The lowest BCUT2D eigenvalue weighted by atomic mass is 10.0. The van der Waals surface area contributed by atoms with Crippen molar-refractivity contribution in [1.82, 2.24) is 10.2 Å². The van der Waals surface area contributed by atoms with Crippen molar-refractivity contribution in [3.8, 4) is 0 Å². The Balaban J connectivity index is 3.27. The normalized spacial score (nSPS) is 11.1. The van der Waals surface area contributed by atoms with Gasteiger partial charge in [-0.2, -0.15) is 0 Å². The predicted molar refractivity (Wildman–Crippen MR) is 120 cm³/mol. The van der Waals surface area contributed by atoms with Crippen LogP contribution in [0.15, 0.2) is 0 Å². The second-order valence-electron chi connectivity index (χ2n) is 8.15. The minimum absolute atomic E-state index is 0.268. The van der Waals surface area contributed by atoms with Gasteiger partial charge in [0.15, 0.2) is 0 Å². The summed E-state index contributed by atoms with van der Waals surface area (Å²) in [6.45, 7) is 9.85. The second kappa shape index (κ2) is 21.7. The minimum Gasteiger partial charge on any atom is -0.342 e. The molecule has 0 saturated carbocycles. The van der Waals surface area contributed by atoms with Crippen molar-refractivity contribution in [2.75, 3.05) is 26.2 Å². The Labute approximate surface area is 171 Å². The molecule has 3 nitrogen and oxygen atoms in total. The minimum atomic E-state index is 0.268. The molecule has 3 heteroatoms. The summed E-state index contributed by atoms with van der Waals surface area (Å²) in [5.74, 6) is 0.268. The maximum Gasteiger partial charge on any atom is 0.236 e. The van der Waals surface area contributed by atoms with Crippen LogP contribution in [-0.2, 0) is 4.79 Å². The number of hydrogen-bond acceptors (Lipinski definition) is 2. The van der Waals surface area contributed by atoms with Crippen molar-refractivity contribution in [3.05, 3.63) is 0 Å². The van der Waals surface area contributed by atoms with Crippen molar-refractivity contribution in [2.45, 2.75) is 124 Å². The molecule has 0 saturated heterocycles. The highest BCUT2D eigenvalue weighted by Gasteiger charge is 2.10. The van der Waals surface area contributed by atoms with Gasteiger partial charge >= 0.3 is 0 Å². The smallest absolute Gasteiger partial charge is 0.236 e. The van der Waals surface area contributed by atoms with Crippen molar-refractivity contribution in [1.29, 1.82) is 0 Å². The van der Waals surface area contributed by atoms with Gasteiger partial charge in [-0.25, -0.2) is 0 Å². The van der Waals surface area contributed by atoms with Crippen LogP contribution in [0.4, 0.5) is 0 Å². The molecule has 0 aliphatic heterocycles. The van der Waals surface area contributed by atoms with Crippen molar-refractivity contribution in [3.63, 3.8) is 0 Å². The molecule has 0 aliphatic rings. The molecule has 0 atom stereocenters. The number of hydrogen-bond donors (Lipinski definition) is 1. The average Bonchev–Trinajstić information content (AvgIpc) is 2.67. The van der Waals surface area contributed by atoms with Gasteiger partial charge in [0.1, 0.15) is 0 Å². The van der Waals surface area contributed by atoms with Gasteiger partial charge in [-0.1, -0.05) is 104 Å². The summed E-state index contributed by atoms with van der Waals surface area (Å²) in [7, 11) is 0. The number of rotatable bonds is 21. The Hall–Kier alpha value is -0.570. The topological polar surface area (TPSA) is 32.3 Å². The first-order chi connectivity index (χ1) is 13.3. The standard InChI is InChI=1S/C24H50N2O/c1-4-7-8-9-10-11-12-13-14-15-16-17-18-19-20-25-23-24(27)26(21-5-2)22-6-3/h25H,4-23H2,1-3H3. The van der Waals surface area contributed by atoms with E-state index < -0.39 is 0 Å². The van der Waals surface area contributed by atoms with E-state index in [-0.39, 0.29) is 5.91 Å². The molecule has 0 aromatic carbocycles. The van der Waals surface area contributed by atoms with E-state index in [4.69, 9.17) is 0 Å². The van der Waals surface area contributed by atoms with Gasteiger partial charge in [-0.15, -0.1) is 0 Å². The van der Waals surface area contributed by atoms with E-state index in [0.29, 0.717) is 6.54 Å². The summed E-state index contributed by atoms with van der Waals surface area (Å²) in [4.78, 5) is 14.1. The number of carbonyl (C=O) groups is 1. The summed E-state index contributed by atoms with van der Waals surface area (Å²) >= 11 is 0. The van der Waals surface area contributed by atoms with Crippen molar-refractivity contribution < 1.29 is 4.79 Å².